The second kappa shape index (κ2) is 7.70. The van der Waals surface area contributed by atoms with Gasteiger partial charge in [-0.25, -0.2) is 9.36 Å². The molecule has 0 spiro atoms. The fraction of sp³-hybridized carbons (Fsp3) is 0.0952. The zero-order valence-electron chi connectivity index (χ0n) is 15.2. The summed E-state index contributed by atoms with van der Waals surface area (Å²) >= 11 is 5.92. The number of aryl methyl sites for hydroxylation is 1. The van der Waals surface area contributed by atoms with Gasteiger partial charge in [-0.3, -0.25) is 4.79 Å². The number of aromatic nitrogens is 4. The van der Waals surface area contributed by atoms with Gasteiger partial charge in [-0.2, -0.15) is 10.2 Å². The molecule has 0 unspecified atom stereocenters. The minimum Gasteiger partial charge on any atom is -0.348 e. The van der Waals surface area contributed by atoms with E-state index in [4.69, 9.17) is 11.6 Å². The van der Waals surface area contributed by atoms with Crippen molar-refractivity contribution < 1.29 is 4.79 Å². The van der Waals surface area contributed by atoms with Gasteiger partial charge >= 0.3 is 0 Å². The number of halogens is 1. The van der Waals surface area contributed by atoms with Crippen LogP contribution in [-0.2, 0) is 6.54 Å². The Morgan fingerprint density at radius 1 is 1.00 bits per heavy atom. The molecule has 2 heterocycles. The van der Waals surface area contributed by atoms with E-state index in [0.29, 0.717) is 22.8 Å². The number of carbonyl (C=O) groups is 1. The van der Waals surface area contributed by atoms with Crippen LogP contribution >= 0.6 is 11.6 Å². The van der Waals surface area contributed by atoms with Gasteiger partial charge in [-0.05, 0) is 43.3 Å². The first kappa shape index (κ1) is 18.0. The summed E-state index contributed by atoms with van der Waals surface area (Å²) in [5.74, 6) is -0.168. The molecule has 0 radical (unpaired) electrons. The number of nitrogens with one attached hydrogen (secondary N) is 1. The largest absolute Gasteiger partial charge is 0.348 e. The van der Waals surface area contributed by atoms with Gasteiger partial charge < -0.3 is 5.32 Å². The number of rotatable bonds is 5. The lowest BCUT2D eigenvalue weighted by molar-refractivity contribution is 0.0950. The fourth-order valence-corrected chi connectivity index (χ4v) is 2.99. The van der Waals surface area contributed by atoms with E-state index in [2.05, 4.69) is 15.5 Å². The van der Waals surface area contributed by atoms with Crippen LogP contribution in [0.25, 0.3) is 11.4 Å². The molecular formula is C21H18ClN5O. The highest BCUT2D eigenvalue weighted by atomic mass is 35.5. The minimum absolute atomic E-state index is 0.168. The van der Waals surface area contributed by atoms with E-state index in [-0.39, 0.29) is 5.91 Å². The third-order valence-corrected chi connectivity index (χ3v) is 4.60. The monoisotopic (exact) mass is 391 g/mol. The van der Waals surface area contributed by atoms with Gasteiger partial charge in [0.15, 0.2) is 0 Å². The molecule has 4 aromatic rings. The van der Waals surface area contributed by atoms with E-state index in [1.165, 1.54) is 0 Å². The minimum atomic E-state index is -0.168. The lowest BCUT2D eigenvalue weighted by Crippen LogP contribution is -2.22. The van der Waals surface area contributed by atoms with Crippen molar-refractivity contribution in [3.05, 3.63) is 95.0 Å². The van der Waals surface area contributed by atoms with Gasteiger partial charge in [0.2, 0.25) is 0 Å². The maximum atomic E-state index is 12.6. The summed E-state index contributed by atoms with van der Waals surface area (Å²) in [5, 5.41) is 12.4. The van der Waals surface area contributed by atoms with Crippen LogP contribution in [0.3, 0.4) is 0 Å². The number of amides is 1. The van der Waals surface area contributed by atoms with Crippen LogP contribution < -0.4 is 5.32 Å². The molecular weight excluding hydrogens is 374 g/mol. The first-order chi connectivity index (χ1) is 13.6. The summed E-state index contributed by atoms with van der Waals surface area (Å²) in [6.45, 7) is 2.20. The second-order valence-corrected chi connectivity index (χ2v) is 6.80. The van der Waals surface area contributed by atoms with Crippen LogP contribution in [0.2, 0.25) is 5.02 Å². The van der Waals surface area contributed by atoms with Crippen LogP contribution in [0.4, 0.5) is 0 Å². The molecule has 0 saturated carbocycles. The van der Waals surface area contributed by atoms with Crippen molar-refractivity contribution in [1.29, 1.82) is 0 Å². The molecule has 0 aliphatic carbocycles. The summed E-state index contributed by atoms with van der Waals surface area (Å²) in [4.78, 5) is 12.6. The number of carbonyl (C=O) groups excluding carboxylic acids is 1. The molecule has 1 N–H and O–H groups in total. The summed E-state index contributed by atoms with van der Waals surface area (Å²) < 4.78 is 3.46. The Balaban J connectivity index is 1.44. The lowest BCUT2D eigenvalue weighted by Gasteiger charge is -2.03. The molecule has 6 nitrogen and oxygen atoms in total. The molecule has 0 aliphatic heterocycles. The third-order valence-electron chi connectivity index (χ3n) is 4.34. The average Bonchev–Trinajstić information content (AvgIpc) is 3.34. The quantitative estimate of drug-likeness (QED) is 0.560. The van der Waals surface area contributed by atoms with Crippen molar-refractivity contribution in [3.63, 3.8) is 0 Å². The normalized spacial score (nSPS) is 10.8. The van der Waals surface area contributed by atoms with Gasteiger partial charge in [-0.1, -0.05) is 29.8 Å². The molecule has 7 heteroatoms. The molecule has 1 amide bonds. The molecule has 2 aromatic carbocycles. The number of hydrogen-bond acceptors (Lipinski definition) is 3. The van der Waals surface area contributed by atoms with Crippen molar-refractivity contribution in [1.82, 2.24) is 24.9 Å². The highest BCUT2D eigenvalue weighted by Crippen LogP contribution is 2.14. The molecule has 0 aliphatic rings. The van der Waals surface area contributed by atoms with E-state index in [0.717, 1.165) is 16.9 Å². The molecule has 4 rings (SSSR count). The Labute approximate surface area is 167 Å². The van der Waals surface area contributed by atoms with Crippen molar-refractivity contribution >= 4 is 17.5 Å². The van der Waals surface area contributed by atoms with Gasteiger partial charge in [-0.15, -0.1) is 0 Å². The number of nitrogens with zero attached hydrogens (tertiary/aromatic N) is 4. The van der Waals surface area contributed by atoms with Crippen LogP contribution in [0.5, 0.6) is 0 Å². The standard InChI is InChI=1S/C21H18ClN5O/c1-15-20(14-27(25-15)18-5-3-2-4-6-18)21(28)23-11-16-12-24-26(13-16)19-9-7-17(22)8-10-19/h2-10,12-14H,11H2,1H3,(H,23,28). The number of para-hydroxylation sites is 1. The molecule has 140 valence electrons. The Morgan fingerprint density at radius 2 is 1.71 bits per heavy atom. The maximum Gasteiger partial charge on any atom is 0.255 e. The predicted octanol–water partition coefficient (Wildman–Crippen LogP) is 3.95. The first-order valence-corrected chi connectivity index (χ1v) is 9.17. The Bertz CT molecular complexity index is 1100. The van der Waals surface area contributed by atoms with E-state index in [1.54, 1.807) is 21.8 Å². The van der Waals surface area contributed by atoms with E-state index >= 15 is 0 Å². The molecule has 0 bridgehead atoms. The van der Waals surface area contributed by atoms with Gasteiger partial charge in [0.1, 0.15) is 0 Å². The number of hydrogen-bond donors (Lipinski definition) is 1. The Kier molecular flexibility index (Phi) is 4.95. The lowest BCUT2D eigenvalue weighted by atomic mass is 10.2. The summed E-state index contributed by atoms with van der Waals surface area (Å²) in [7, 11) is 0. The smallest absolute Gasteiger partial charge is 0.255 e. The summed E-state index contributed by atoms with van der Waals surface area (Å²) in [5.41, 5.74) is 3.94. The molecule has 2 aromatic heterocycles. The van der Waals surface area contributed by atoms with Gasteiger partial charge in [0.25, 0.3) is 5.91 Å². The second-order valence-electron chi connectivity index (χ2n) is 6.36. The van der Waals surface area contributed by atoms with Crippen LogP contribution in [0.15, 0.2) is 73.2 Å². The summed E-state index contributed by atoms with van der Waals surface area (Å²) in [6, 6.07) is 17.1. The SMILES string of the molecule is Cc1nn(-c2ccccc2)cc1C(=O)NCc1cnn(-c2ccc(Cl)cc2)c1. The summed E-state index contributed by atoms with van der Waals surface area (Å²) in [6.07, 6.45) is 5.36. The highest BCUT2D eigenvalue weighted by Gasteiger charge is 2.14. The van der Waals surface area contributed by atoms with Crippen molar-refractivity contribution in [2.24, 2.45) is 0 Å². The topological polar surface area (TPSA) is 64.7 Å². The molecule has 0 atom stereocenters. The van der Waals surface area contributed by atoms with E-state index in [9.17, 15) is 4.79 Å². The maximum absolute atomic E-state index is 12.6. The molecule has 0 saturated heterocycles. The highest BCUT2D eigenvalue weighted by molar-refractivity contribution is 6.30. The van der Waals surface area contributed by atoms with Crippen LogP contribution in [0, 0.1) is 6.92 Å². The fourth-order valence-electron chi connectivity index (χ4n) is 2.86. The van der Waals surface area contributed by atoms with Gasteiger partial charge in [0.05, 0.1) is 28.8 Å². The van der Waals surface area contributed by atoms with E-state index in [1.807, 2.05) is 67.7 Å². The molecule has 28 heavy (non-hydrogen) atoms. The number of benzene rings is 2. The zero-order chi connectivity index (χ0) is 19.5. The van der Waals surface area contributed by atoms with Crippen LogP contribution in [0.1, 0.15) is 21.6 Å². The first-order valence-electron chi connectivity index (χ1n) is 8.79. The van der Waals surface area contributed by atoms with E-state index < -0.39 is 0 Å². The van der Waals surface area contributed by atoms with Gasteiger partial charge in [0, 0.05) is 29.5 Å². The molecule has 0 fully saturated rings. The Morgan fingerprint density at radius 3 is 2.46 bits per heavy atom. The predicted molar refractivity (Wildman–Crippen MR) is 108 cm³/mol. The van der Waals surface area contributed by atoms with Crippen molar-refractivity contribution in [2.45, 2.75) is 13.5 Å². The average molecular weight is 392 g/mol. The Hall–Kier alpha value is -3.38. The third kappa shape index (κ3) is 3.82. The van der Waals surface area contributed by atoms with Crippen molar-refractivity contribution in [2.75, 3.05) is 0 Å². The van der Waals surface area contributed by atoms with Crippen molar-refractivity contribution in [3.8, 4) is 11.4 Å². The zero-order valence-corrected chi connectivity index (χ0v) is 16.0. The van der Waals surface area contributed by atoms with Crippen LogP contribution in [-0.4, -0.2) is 25.5 Å².